The lowest BCUT2D eigenvalue weighted by Gasteiger charge is -2.21. The Morgan fingerprint density at radius 3 is 2.48 bits per heavy atom. The highest BCUT2D eigenvalue weighted by Crippen LogP contribution is 2.22. The third-order valence-corrected chi connectivity index (χ3v) is 4.45. The summed E-state index contributed by atoms with van der Waals surface area (Å²) in [6, 6.07) is 2.57. The first-order chi connectivity index (χ1) is 12.0. The summed E-state index contributed by atoms with van der Waals surface area (Å²) in [5.74, 6) is -4.88. The van der Waals surface area contributed by atoms with Crippen LogP contribution in [-0.2, 0) is 0 Å². The minimum atomic E-state index is -1.53. The summed E-state index contributed by atoms with van der Waals surface area (Å²) in [6.07, 6.45) is 3.36. The van der Waals surface area contributed by atoms with Crippen LogP contribution in [0.4, 0.5) is 13.2 Å². The van der Waals surface area contributed by atoms with Crippen molar-refractivity contribution in [2.75, 3.05) is 13.1 Å². The Hall–Kier alpha value is -2.41. The molecule has 0 unspecified atom stereocenters. The molecule has 132 valence electrons. The van der Waals surface area contributed by atoms with Crippen LogP contribution in [0.5, 0.6) is 0 Å². The standard InChI is InChI=1S/C18H17F3N2O2/c19-12-1-2-13(20)17(21)16(12)18(25)11-8-14(23-9-11)15(24)7-10-3-5-22-6-4-10/h1-2,8-10,22-23H,3-7H2. The van der Waals surface area contributed by atoms with Gasteiger partial charge in [-0.15, -0.1) is 0 Å². The molecule has 0 radical (unpaired) electrons. The van der Waals surface area contributed by atoms with Crippen LogP contribution in [0, 0.1) is 23.4 Å². The zero-order chi connectivity index (χ0) is 18.0. The van der Waals surface area contributed by atoms with Crippen LogP contribution >= 0.6 is 0 Å². The number of nitrogens with one attached hydrogen (secondary N) is 2. The monoisotopic (exact) mass is 350 g/mol. The molecule has 0 saturated carbocycles. The van der Waals surface area contributed by atoms with Gasteiger partial charge in [0.1, 0.15) is 5.82 Å². The molecule has 0 spiro atoms. The Labute approximate surface area is 142 Å². The van der Waals surface area contributed by atoms with Crippen LogP contribution in [0.2, 0.25) is 0 Å². The van der Waals surface area contributed by atoms with E-state index in [4.69, 9.17) is 0 Å². The summed E-state index contributed by atoms with van der Waals surface area (Å²) in [4.78, 5) is 27.3. The van der Waals surface area contributed by atoms with E-state index in [9.17, 15) is 22.8 Å². The predicted octanol–water partition coefficient (Wildman–Crippen LogP) is 3.24. The first-order valence-electron chi connectivity index (χ1n) is 8.08. The van der Waals surface area contributed by atoms with E-state index in [2.05, 4.69) is 10.3 Å². The van der Waals surface area contributed by atoms with Crippen molar-refractivity contribution >= 4 is 11.6 Å². The minimum absolute atomic E-state index is 0.0861. The summed E-state index contributed by atoms with van der Waals surface area (Å²) in [5, 5.41) is 3.21. The fourth-order valence-electron chi connectivity index (χ4n) is 3.02. The van der Waals surface area contributed by atoms with Gasteiger partial charge in [0.15, 0.2) is 17.4 Å². The van der Waals surface area contributed by atoms with E-state index in [-0.39, 0.29) is 23.0 Å². The number of rotatable bonds is 5. The van der Waals surface area contributed by atoms with Gasteiger partial charge in [-0.3, -0.25) is 9.59 Å². The molecule has 25 heavy (non-hydrogen) atoms. The molecule has 1 fully saturated rings. The van der Waals surface area contributed by atoms with Crippen molar-refractivity contribution in [1.82, 2.24) is 10.3 Å². The number of benzene rings is 1. The minimum Gasteiger partial charge on any atom is -0.358 e. The number of hydrogen-bond acceptors (Lipinski definition) is 3. The highest BCUT2D eigenvalue weighted by molar-refractivity contribution is 6.10. The number of halogens is 3. The summed E-state index contributed by atoms with van der Waals surface area (Å²) < 4.78 is 40.8. The van der Waals surface area contributed by atoms with Gasteiger partial charge < -0.3 is 10.3 Å². The second kappa shape index (κ2) is 7.23. The number of H-pyrrole nitrogens is 1. The number of hydrogen-bond donors (Lipinski definition) is 2. The lowest BCUT2D eigenvalue weighted by Crippen LogP contribution is -2.28. The molecule has 3 rings (SSSR count). The van der Waals surface area contributed by atoms with Gasteiger partial charge in [-0.1, -0.05) is 0 Å². The molecule has 1 aromatic carbocycles. The molecule has 4 nitrogen and oxygen atoms in total. The predicted molar refractivity (Wildman–Crippen MR) is 85.1 cm³/mol. The van der Waals surface area contributed by atoms with Crippen LogP contribution in [0.1, 0.15) is 45.7 Å². The number of Topliss-reactive ketones (excluding diaryl/α,β-unsaturated/α-hetero) is 1. The molecule has 1 aliphatic heterocycles. The number of piperidine rings is 1. The molecule has 1 saturated heterocycles. The Balaban J connectivity index is 1.78. The summed E-state index contributed by atoms with van der Waals surface area (Å²) in [5.41, 5.74) is -0.840. The van der Waals surface area contributed by atoms with Gasteiger partial charge in [-0.05, 0) is 50.0 Å². The van der Waals surface area contributed by atoms with Gasteiger partial charge in [0.05, 0.1) is 11.3 Å². The van der Waals surface area contributed by atoms with Crippen LogP contribution < -0.4 is 5.32 Å². The topological polar surface area (TPSA) is 62.0 Å². The van der Waals surface area contributed by atoms with Crippen molar-refractivity contribution in [3.05, 3.63) is 58.7 Å². The Bertz CT molecular complexity index is 811. The highest BCUT2D eigenvalue weighted by atomic mass is 19.2. The van der Waals surface area contributed by atoms with Gasteiger partial charge in [0, 0.05) is 18.2 Å². The number of carbonyl (C=O) groups is 2. The summed E-state index contributed by atoms with van der Waals surface area (Å²) in [6.45, 7) is 1.73. The average molecular weight is 350 g/mol. The van der Waals surface area contributed by atoms with Crippen molar-refractivity contribution in [2.45, 2.75) is 19.3 Å². The third-order valence-electron chi connectivity index (χ3n) is 4.45. The van der Waals surface area contributed by atoms with Crippen molar-refractivity contribution in [3.63, 3.8) is 0 Å². The summed E-state index contributed by atoms with van der Waals surface area (Å²) in [7, 11) is 0. The van der Waals surface area contributed by atoms with Gasteiger partial charge in [-0.2, -0.15) is 0 Å². The molecule has 7 heteroatoms. The lowest BCUT2D eigenvalue weighted by molar-refractivity contribution is 0.0948. The smallest absolute Gasteiger partial charge is 0.200 e. The molecule has 2 aromatic rings. The molecule has 2 heterocycles. The average Bonchev–Trinajstić information content (AvgIpc) is 3.09. The molecule has 2 N–H and O–H groups in total. The number of aromatic nitrogens is 1. The first kappa shape index (κ1) is 17.4. The van der Waals surface area contributed by atoms with Crippen molar-refractivity contribution in [3.8, 4) is 0 Å². The van der Waals surface area contributed by atoms with Crippen molar-refractivity contribution < 1.29 is 22.8 Å². The second-order valence-corrected chi connectivity index (χ2v) is 6.17. The van der Waals surface area contributed by atoms with Crippen molar-refractivity contribution in [1.29, 1.82) is 0 Å². The summed E-state index contributed by atoms with van der Waals surface area (Å²) >= 11 is 0. The Morgan fingerprint density at radius 1 is 1.08 bits per heavy atom. The van der Waals surface area contributed by atoms with Gasteiger partial charge in [0.2, 0.25) is 5.78 Å². The molecule has 0 bridgehead atoms. The maximum absolute atomic E-state index is 13.8. The van der Waals surface area contributed by atoms with E-state index in [1.54, 1.807) is 0 Å². The molecule has 1 aliphatic rings. The van der Waals surface area contributed by atoms with E-state index in [1.807, 2.05) is 0 Å². The number of aromatic amines is 1. The zero-order valence-electron chi connectivity index (χ0n) is 13.4. The van der Waals surface area contributed by atoms with E-state index < -0.39 is 28.8 Å². The van der Waals surface area contributed by atoms with Gasteiger partial charge in [-0.25, -0.2) is 13.2 Å². The van der Waals surface area contributed by atoms with Crippen LogP contribution in [0.15, 0.2) is 24.4 Å². The molecular weight excluding hydrogens is 333 g/mol. The van der Waals surface area contributed by atoms with E-state index in [0.717, 1.165) is 25.9 Å². The number of ketones is 2. The van der Waals surface area contributed by atoms with Crippen LogP contribution in [0.25, 0.3) is 0 Å². The quantitative estimate of drug-likeness (QED) is 0.643. The van der Waals surface area contributed by atoms with E-state index in [0.29, 0.717) is 18.6 Å². The molecule has 0 aliphatic carbocycles. The normalized spacial score (nSPS) is 15.3. The van der Waals surface area contributed by atoms with E-state index in [1.165, 1.54) is 12.3 Å². The highest BCUT2D eigenvalue weighted by Gasteiger charge is 2.24. The van der Waals surface area contributed by atoms with Gasteiger partial charge >= 0.3 is 0 Å². The second-order valence-electron chi connectivity index (χ2n) is 6.17. The number of carbonyl (C=O) groups excluding carboxylic acids is 2. The van der Waals surface area contributed by atoms with Crippen molar-refractivity contribution in [2.24, 2.45) is 5.92 Å². The van der Waals surface area contributed by atoms with E-state index >= 15 is 0 Å². The molecular formula is C18H17F3N2O2. The fourth-order valence-corrected chi connectivity index (χ4v) is 3.02. The Morgan fingerprint density at radius 2 is 1.76 bits per heavy atom. The Kier molecular flexibility index (Phi) is 5.03. The molecule has 0 atom stereocenters. The first-order valence-corrected chi connectivity index (χ1v) is 8.08. The molecule has 0 amide bonds. The third kappa shape index (κ3) is 3.66. The largest absolute Gasteiger partial charge is 0.358 e. The SMILES string of the molecule is O=C(CC1CCNCC1)c1cc(C(=O)c2c(F)ccc(F)c2F)c[nH]1. The maximum Gasteiger partial charge on any atom is 0.200 e. The van der Waals surface area contributed by atoms with Crippen LogP contribution in [-0.4, -0.2) is 29.6 Å². The zero-order valence-corrected chi connectivity index (χ0v) is 13.4. The van der Waals surface area contributed by atoms with Gasteiger partial charge in [0.25, 0.3) is 0 Å². The van der Waals surface area contributed by atoms with Crippen LogP contribution in [0.3, 0.4) is 0 Å². The lowest BCUT2D eigenvalue weighted by atomic mass is 9.92. The fraction of sp³-hybridized carbons (Fsp3) is 0.333. The maximum atomic E-state index is 13.8. The molecule has 1 aromatic heterocycles.